The Bertz CT molecular complexity index is 624. The minimum absolute atomic E-state index is 0.138. The molecule has 0 aliphatic carbocycles. The molecule has 0 atom stereocenters. The molecule has 0 aromatic carbocycles. The van der Waals surface area contributed by atoms with Crippen molar-refractivity contribution >= 4 is 0 Å². The third-order valence-corrected chi connectivity index (χ3v) is 3.36. The molecule has 0 spiro atoms. The summed E-state index contributed by atoms with van der Waals surface area (Å²) in [6.07, 6.45) is 1.78. The van der Waals surface area contributed by atoms with Crippen molar-refractivity contribution in [1.82, 2.24) is 9.97 Å². The Morgan fingerprint density at radius 3 is 2.79 bits per heavy atom. The maximum atomic E-state index is 11.8. The number of hydrogen-bond acceptors (Lipinski definition) is 4. The maximum Gasteiger partial charge on any atom is 0.251 e. The molecule has 0 amide bonds. The Kier molecular flexibility index (Phi) is 3.21. The van der Waals surface area contributed by atoms with Crippen LogP contribution in [0.2, 0.25) is 0 Å². The first-order valence-electron chi connectivity index (χ1n) is 6.48. The number of H-pyrrole nitrogens is 1. The van der Waals surface area contributed by atoms with Crippen molar-refractivity contribution in [1.29, 1.82) is 0 Å². The van der Waals surface area contributed by atoms with E-state index in [-0.39, 0.29) is 11.5 Å². The van der Waals surface area contributed by atoms with Gasteiger partial charge in [-0.1, -0.05) is 0 Å². The van der Waals surface area contributed by atoms with Crippen LogP contribution in [0.3, 0.4) is 0 Å². The molecule has 0 saturated carbocycles. The number of aromatic amines is 1. The quantitative estimate of drug-likeness (QED) is 0.899. The molecule has 3 rings (SSSR count). The van der Waals surface area contributed by atoms with Gasteiger partial charge in [0.2, 0.25) is 0 Å². The van der Waals surface area contributed by atoms with Crippen molar-refractivity contribution in [3.05, 3.63) is 40.1 Å². The van der Waals surface area contributed by atoms with Gasteiger partial charge < -0.3 is 14.1 Å². The highest BCUT2D eigenvalue weighted by molar-refractivity contribution is 5.51. The first kappa shape index (κ1) is 12.2. The molecule has 0 unspecified atom stereocenters. The molecule has 100 valence electrons. The minimum Gasteiger partial charge on any atom is -0.460 e. The van der Waals surface area contributed by atoms with E-state index in [0.29, 0.717) is 11.5 Å². The molecule has 1 aliphatic rings. The van der Waals surface area contributed by atoms with Crippen LogP contribution in [-0.4, -0.2) is 23.2 Å². The molecule has 19 heavy (non-hydrogen) atoms. The number of nitrogens with zero attached hydrogens (tertiary/aromatic N) is 1. The third-order valence-electron chi connectivity index (χ3n) is 3.36. The summed E-state index contributed by atoms with van der Waals surface area (Å²) in [6, 6.07) is 5.18. The summed E-state index contributed by atoms with van der Waals surface area (Å²) >= 11 is 0. The topological polar surface area (TPSA) is 68.1 Å². The smallest absolute Gasteiger partial charge is 0.251 e. The predicted octanol–water partition coefficient (Wildman–Crippen LogP) is 2.23. The van der Waals surface area contributed by atoms with E-state index in [0.717, 1.165) is 37.6 Å². The summed E-state index contributed by atoms with van der Waals surface area (Å²) in [5.74, 6) is 2.44. The van der Waals surface area contributed by atoms with E-state index in [4.69, 9.17) is 9.15 Å². The van der Waals surface area contributed by atoms with Gasteiger partial charge in [-0.15, -0.1) is 0 Å². The van der Waals surface area contributed by atoms with Gasteiger partial charge in [0.15, 0.2) is 5.76 Å². The van der Waals surface area contributed by atoms with Crippen molar-refractivity contribution in [3.63, 3.8) is 0 Å². The normalized spacial score (nSPS) is 16.7. The standard InChI is InChI=1S/C14H16N2O3/c1-9-2-3-12(19-9)11-8-13(17)16-14(15-11)10-4-6-18-7-5-10/h2-3,8,10H,4-7H2,1H3,(H,15,16,17). The monoisotopic (exact) mass is 260 g/mol. The fraction of sp³-hybridized carbons (Fsp3) is 0.429. The van der Waals surface area contributed by atoms with E-state index in [9.17, 15) is 4.79 Å². The highest BCUT2D eigenvalue weighted by Crippen LogP contribution is 2.25. The molecule has 3 heterocycles. The summed E-state index contributed by atoms with van der Waals surface area (Å²) in [6.45, 7) is 3.31. The number of furan rings is 1. The van der Waals surface area contributed by atoms with Crippen LogP contribution in [0.4, 0.5) is 0 Å². The molecule has 5 nitrogen and oxygen atoms in total. The van der Waals surface area contributed by atoms with Gasteiger partial charge in [-0.3, -0.25) is 4.79 Å². The second-order valence-corrected chi connectivity index (χ2v) is 4.81. The second-order valence-electron chi connectivity index (χ2n) is 4.81. The zero-order valence-corrected chi connectivity index (χ0v) is 10.8. The van der Waals surface area contributed by atoms with Crippen molar-refractivity contribution in [3.8, 4) is 11.5 Å². The molecule has 1 N–H and O–H groups in total. The van der Waals surface area contributed by atoms with Crippen molar-refractivity contribution in [2.24, 2.45) is 0 Å². The van der Waals surface area contributed by atoms with E-state index in [1.807, 2.05) is 19.1 Å². The lowest BCUT2D eigenvalue weighted by atomic mass is 9.99. The number of rotatable bonds is 2. The average Bonchev–Trinajstić information content (AvgIpc) is 2.86. The number of aryl methyl sites for hydroxylation is 1. The third kappa shape index (κ3) is 2.61. The van der Waals surface area contributed by atoms with Crippen molar-refractivity contribution in [2.45, 2.75) is 25.7 Å². The number of aromatic nitrogens is 2. The molecule has 5 heteroatoms. The van der Waals surface area contributed by atoms with Gasteiger partial charge in [0.25, 0.3) is 5.56 Å². The average molecular weight is 260 g/mol. The van der Waals surface area contributed by atoms with Crippen LogP contribution < -0.4 is 5.56 Å². The van der Waals surface area contributed by atoms with E-state index >= 15 is 0 Å². The molecule has 1 fully saturated rings. The first-order valence-corrected chi connectivity index (χ1v) is 6.48. The number of hydrogen-bond donors (Lipinski definition) is 1. The summed E-state index contributed by atoms with van der Waals surface area (Å²) in [7, 11) is 0. The molecule has 0 bridgehead atoms. The predicted molar refractivity (Wildman–Crippen MR) is 70.1 cm³/mol. The summed E-state index contributed by atoms with van der Waals surface area (Å²) < 4.78 is 10.9. The Hall–Kier alpha value is -1.88. The van der Waals surface area contributed by atoms with Gasteiger partial charge in [0.05, 0.1) is 0 Å². The first-order chi connectivity index (χ1) is 9.22. The Morgan fingerprint density at radius 2 is 2.11 bits per heavy atom. The van der Waals surface area contributed by atoms with Crippen LogP contribution in [0.5, 0.6) is 0 Å². The lowest BCUT2D eigenvalue weighted by Crippen LogP contribution is -2.20. The molecule has 2 aromatic heterocycles. The molecule has 1 saturated heterocycles. The largest absolute Gasteiger partial charge is 0.460 e. The van der Waals surface area contributed by atoms with Crippen LogP contribution in [-0.2, 0) is 4.74 Å². The lowest BCUT2D eigenvalue weighted by molar-refractivity contribution is 0.0835. The van der Waals surface area contributed by atoms with Crippen LogP contribution in [0.1, 0.15) is 30.3 Å². The van der Waals surface area contributed by atoms with E-state index in [1.54, 1.807) is 0 Å². The van der Waals surface area contributed by atoms with Crippen LogP contribution in [0, 0.1) is 6.92 Å². The van der Waals surface area contributed by atoms with Crippen LogP contribution >= 0.6 is 0 Å². The van der Waals surface area contributed by atoms with E-state index < -0.39 is 0 Å². The molecule has 1 aliphatic heterocycles. The molecular weight excluding hydrogens is 244 g/mol. The van der Waals surface area contributed by atoms with Crippen LogP contribution in [0.25, 0.3) is 11.5 Å². The minimum atomic E-state index is -0.138. The number of ether oxygens (including phenoxy) is 1. The number of nitrogens with one attached hydrogen (secondary N) is 1. The zero-order valence-electron chi connectivity index (χ0n) is 10.8. The Morgan fingerprint density at radius 1 is 1.32 bits per heavy atom. The summed E-state index contributed by atoms with van der Waals surface area (Å²) in [5.41, 5.74) is 0.457. The van der Waals surface area contributed by atoms with Gasteiger partial charge in [-0.2, -0.15) is 0 Å². The summed E-state index contributed by atoms with van der Waals surface area (Å²) in [4.78, 5) is 19.1. The maximum absolute atomic E-state index is 11.8. The van der Waals surface area contributed by atoms with Crippen molar-refractivity contribution in [2.75, 3.05) is 13.2 Å². The molecular formula is C14H16N2O3. The van der Waals surface area contributed by atoms with Gasteiger partial charge in [-0.05, 0) is 31.9 Å². The molecule has 2 aromatic rings. The highest BCUT2D eigenvalue weighted by Gasteiger charge is 2.19. The Balaban J connectivity index is 1.98. The van der Waals surface area contributed by atoms with E-state index in [2.05, 4.69) is 9.97 Å². The van der Waals surface area contributed by atoms with Gasteiger partial charge in [0.1, 0.15) is 17.3 Å². The van der Waals surface area contributed by atoms with Crippen LogP contribution in [0.15, 0.2) is 27.4 Å². The Labute approximate surface area is 110 Å². The van der Waals surface area contributed by atoms with Gasteiger partial charge >= 0.3 is 0 Å². The lowest BCUT2D eigenvalue weighted by Gasteiger charge is -2.21. The van der Waals surface area contributed by atoms with E-state index in [1.165, 1.54) is 6.07 Å². The molecule has 0 radical (unpaired) electrons. The SMILES string of the molecule is Cc1ccc(-c2cc(=O)[nH]c(C3CCOCC3)n2)o1. The highest BCUT2D eigenvalue weighted by atomic mass is 16.5. The zero-order chi connectivity index (χ0) is 13.2. The van der Waals surface area contributed by atoms with Crippen molar-refractivity contribution < 1.29 is 9.15 Å². The summed E-state index contributed by atoms with van der Waals surface area (Å²) in [5, 5.41) is 0. The van der Waals surface area contributed by atoms with Gasteiger partial charge in [0, 0.05) is 25.2 Å². The van der Waals surface area contributed by atoms with Gasteiger partial charge in [-0.25, -0.2) is 4.98 Å². The fourth-order valence-electron chi connectivity index (χ4n) is 2.34. The fourth-order valence-corrected chi connectivity index (χ4v) is 2.34. The second kappa shape index (κ2) is 5.01.